The van der Waals surface area contributed by atoms with Crippen molar-refractivity contribution in [2.45, 2.75) is 33.7 Å². The summed E-state index contributed by atoms with van der Waals surface area (Å²) >= 11 is 0. The van der Waals surface area contributed by atoms with Crippen molar-refractivity contribution in [3.63, 3.8) is 0 Å². The number of rotatable bonds is 2. The maximum atomic E-state index is 12.8. The van der Waals surface area contributed by atoms with Gasteiger partial charge in [0.05, 0.1) is 11.4 Å². The zero-order valence-electron chi connectivity index (χ0n) is 9.76. The maximum Gasteiger partial charge on any atom is 0.125 e. The molecule has 1 atom stereocenters. The number of nitrogen functional groups attached to an aromatic ring is 1. The van der Waals surface area contributed by atoms with E-state index in [1.165, 1.54) is 12.1 Å². The normalized spacial score (nSPS) is 13.7. The van der Waals surface area contributed by atoms with Crippen LogP contribution < -0.4 is 11.1 Å². The average Bonchev–Trinajstić information content (AvgIpc) is 2.08. The second kappa shape index (κ2) is 4.09. The van der Waals surface area contributed by atoms with Gasteiger partial charge in [-0.1, -0.05) is 20.8 Å². The van der Waals surface area contributed by atoms with Crippen molar-refractivity contribution in [2.24, 2.45) is 5.41 Å². The number of nitrogens with one attached hydrogen (secondary N) is 1. The van der Waals surface area contributed by atoms with Crippen LogP contribution in [-0.2, 0) is 0 Å². The first-order valence-corrected chi connectivity index (χ1v) is 5.12. The van der Waals surface area contributed by atoms with Gasteiger partial charge in [-0.3, -0.25) is 0 Å². The summed E-state index contributed by atoms with van der Waals surface area (Å²) in [6.45, 7) is 8.52. The number of hydrogen-bond acceptors (Lipinski definition) is 2. The van der Waals surface area contributed by atoms with E-state index in [0.29, 0.717) is 5.69 Å². The Balaban J connectivity index is 2.82. The van der Waals surface area contributed by atoms with Crippen LogP contribution in [0, 0.1) is 11.2 Å². The Hall–Kier alpha value is -1.25. The van der Waals surface area contributed by atoms with Crippen molar-refractivity contribution in [1.29, 1.82) is 0 Å². The molecule has 0 aliphatic carbocycles. The lowest BCUT2D eigenvalue weighted by molar-refractivity contribution is 0.359. The summed E-state index contributed by atoms with van der Waals surface area (Å²) in [5.74, 6) is -0.304. The molecule has 1 unspecified atom stereocenters. The number of hydrogen-bond donors (Lipinski definition) is 2. The summed E-state index contributed by atoms with van der Waals surface area (Å²) in [6.07, 6.45) is 0. The van der Waals surface area contributed by atoms with E-state index in [0.717, 1.165) is 5.69 Å². The van der Waals surface area contributed by atoms with Gasteiger partial charge in [0.1, 0.15) is 5.82 Å². The molecule has 3 heteroatoms. The molecule has 3 N–H and O–H groups in total. The molecule has 1 rings (SSSR count). The summed E-state index contributed by atoms with van der Waals surface area (Å²) in [5.41, 5.74) is 7.09. The first kappa shape index (κ1) is 11.8. The van der Waals surface area contributed by atoms with Gasteiger partial charge in [0.15, 0.2) is 0 Å². The van der Waals surface area contributed by atoms with Gasteiger partial charge in [-0.05, 0) is 30.5 Å². The molecule has 0 aliphatic heterocycles. The number of benzene rings is 1. The molecule has 2 nitrogen and oxygen atoms in total. The number of nitrogens with two attached hydrogens (primary N) is 1. The van der Waals surface area contributed by atoms with E-state index in [-0.39, 0.29) is 17.3 Å². The molecule has 0 saturated heterocycles. The van der Waals surface area contributed by atoms with E-state index in [1.807, 2.05) is 0 Å². The van der Waals surface area contributed by atoms with Gasteiger partial charge < -0.3 is 11.1 Å². The van der Waals surface area contributed by atoms with Gasteiger partial charge in [0.2, 0.25) is 0 Å². The molecular weight excluding hydrogens is 191 g/mol. The standard InChI is InChI=1S/C12H19FN2/c1-8(12(2,3)4)15-11-6-5-9(13)7-10(11)14/h5-8,15H,14H2,1-4H3. The van der Waals surface area contributed by atoms with Crippen molar-refractivity contribution in [1.82, 2.24) is 0 Å². The highest BCUT2D eigenvalue weighted by Gasteiger charge is 2.20. The molecule has 0 fully saturated rings. The Morgan fingerprint density at radius 3 is 2.40 bits per heavy atom. The smallest absolute Gasteiger partial charge is 0.125 e. The third kappa shape index (κ3) is 3.11. The zero-order chi connectivity index (χ0) is 11.6. The molecule has 0 bridgehead atoms. The van der Waals surface area contributed by atoms with Gasteiger partial charge >= 0.3 is 0 Å². The van der Waals surface area contributed by atoms with Gasteiger partial charge in [0.25, 0.3) is 0 Å². The fourth-order valence-corrected chi connectivity index (χ4v) is 1.11. The van der Waals surface area contributed by atoms with E-state index in [2.05, 4.69) is 33.0 Å². The Morgan fingerprint density at radius 1 is 1.33 bits per heavy atom. The van der Waals surface area contributed by atoms with E-state index in [4.69, 9.17) is 5.73 Å². The van der Waals surface area contributed by atoms with Crippen LogP contribution in [0.15, 0.2) is 18.2 Å². The predicted molar refractivity (Wildman–Crippen MR) is 63.4 cm³/mol. The highest BCUT2D eigenvalue weighted by Crippen LogP contribution is 2.26. The monoisotopic (exact) mass is 210 g/mol. The fraction of sp³-hybridized carbons (Fsp3) is 0.500. The quantitative estimate of drug-likeness (QED) is 0.735. The maximum absolute atomic E-state index is 12.8. The van der Waals surface area contributed by atoms with E-state index in [9.17, 15) is 4.39 Å². The number of halogens is 1. The van der Waals surface area contributed by atoms with Crippen LogP contribution >= 0.6 is 0 Å². The summed E-state index contributed by atoms with van der Waals surface area (Å²) in [6, 6.07) is 4.68. The molecular formula is C12H19FN2. The Kier molecular flexibility index (Phi) is 3.22. The first-order chi connectivity index (χ1) is 6.80. The molecule has 84 valence electrons. The summed E-state index contributed by atoms with van der Waals surface area (Å²) in [5, 5.41) is 3.29. The fourth-order valence-electron chi connectivity index (χ4n) is 1.11. The molecule has 0 spiro atoms. The molecule has 0 aliphatic rings. The zero-order valence-corrected chi connectivity index (χ0v) is 9.76. The van der Waals surface area contributed by atoms with Gasteiger partial charge in [0, 0.05) is 6.04 Å². The molecule has 0 radical (unpaired) electrons. The van der Waals surface area contributed by atoms with Crippen molar-refractivity contribution in [3.8, 4) is 0 Å². The SMILES string of the molecule is CC(Nc1ccc(F)cc1N)C(C)(C)C. The summed E-state index contributed by atoms with van der Waals surface area (Å²) < 4.78 is 12.8. The van der Waals surface area contributed by atoms with E-state index in [1.54, 1.807) is 6.07 Å². The van der Waals surface area contributed by atoms with Gasteiger partial charge in [-0.25, -0.2) is 4.39 Å². The van der Waals surface area contributed by atoms with E-state index < -0.39 is 0 Å². The Morgan fingerprint density at radius 2 is 1.93 bits per heavy atom. The largest absolute Gasteiger partial charge is 0.397 e. The minimum Gasteiger partial charge on any atom is -0.397 e. The van der Waals surface area contributed by atoms with Crippen LogP contribution in [0.5, 0.6) is 0 Å². The third-order valence-electron chi connectivity index (χ3n) is 2.68. The van der Waals surface area contributed by atoms with Crippen molar-refractivity contribution in [3.05, 3.63) is 24.0 Å². The van der Waals surface area contributed by atoms with Crippen LogP contribution in [0.25, 0.3) is 0 Å². The predicted octanol–water partition coefficient (Wildman–Crippen LogP) is 3.25. The first-order valence-electron chi connectivity index (χ1n) is 5.12. The second-order valence-corrected chi connectivity index (χ2v) is 4.96. The van der Waals surface area contributed by atoms with Gasteiger partial charge in [-0.15, -0.1) is 0 Å². The molecule has 1 aromatic rings. The van der Waals surface area contributed by atoms with E-state index >= 15 is 0 Å². The topological polar surface area (TPSA) is 38.0 Å². The molecule has 0 saturated carbocycles. The van der Waals surface area contributed by atoms with Crippen molar-refractivity contribution < 1.29 is 4.39 Å². The van der Waals surface area contributed by atoms with Crippen LogP contribution in [0.2, 0.25) is 0 Å². The molecule has 0 amide bonds. The summed E-state index contributed by atoms with van der Waals surface area (Å²) in [4.78, 5) is 0. The average molecular weight is 210 g/mol. The van der Waals surface area contributed by atoms with Crippen LogP contribution in [0.1, 0.15) is 27.7 Å². The second-order valence-electron chi connectivity index (χ2n) is 4.96. The highest BCUT2D eigenvalue weighted by molar-refractivity contribution is 5.66. The summed E-state index contributed by atoms with van der Waals surface area (Å²) in [7, 11) is 0. The highest BCUT2D eigenvalue weighted by atomic mass is 19.1. The minimum atomic E-state index is -0.304. The molecule has 0 heterocycles. The molecule has 1 aromatic carbocycles. The van der Waals surface area contributed by atoms with Crippen LogP contribution in [-0.4, -0.2) is 6.04 Å². The Bertz CT molecular complexity index is 342. The lowest BCUT2D eigenvalue weighted by Gasteiger charge is -2.29. The van der Waals surface area contributed by atoms with Crippen LogP contribution in [0.3, 0.4) is 0 Å². The molecule has 15 heavy (non-hydrogen) atoms. The van der Waals surface area contributed by atoms with Crippen molar-refractivity contribution >= 4 is 11.4 Å². The van der Waals surface area contributed by atoms with Gasteiger partial charge in [-0.2, -0.15) is 0 Å². The Labute approximate surface area is 90.7 Å². The number of anilines is 2. The lowest BCUT2D eigenvalue weighted by atomic mass is 9.88. The van der Waals surface area contributed by atoms with Crippen molar-refractivity contribution in [2.75, 3.05) is 11.1 Å². The molecule has 0 aromatic heterocycles. The third-order valence-corrected chi connectivity index (χ3v) is 2.68. The van der Waals surface area contributed by atoms with Crippen LogP contribution in [0.4, 0.5) is 15.8 Å². The lowest BCUT2D eigenvalue weighted by Crippen LogP contribution is -2.31. The minimum absolute atomic E-state index is 0.140.